The number of rotatable bonds is 4. The predicted molar refractivity (Wildman–Crippen MR) is 67.7 cm³/mol. The lowest BCUT2D eigenvalue weighted by molar-refractivity contribution is 0.0356. The highest BCUT2D eigenvalue weighted by Crippen LogP contribution is 2.13. The molecule has 9 heteroatoms. The molecule has 1 rings (SSSR count). The van der Waals surface area contributed by atoms with Gasteiger partial charge in [-0.2, -0.15) is 0 Å². The van der Waals surface area contributed by atoms with Crippen LogP contribution in [0, 0.1) is 0 Å². The van der Waals surface area contributed by atoms with Crippen molar-refractivity contribution in [1.29, 1.82) is 0 Å². The van der Waals surface area contributed by atoms with Crippen LogP contribution in [0.25, 0.3) is 0 Å². The number of hydrogen-bond acceptors (Lipinski definition) is 8. The van der Waals surface area contributed by atoms with Crippen molar-refractivity contribution in [3.63, 3.8) is 0 Å². The van der Waals surface area contributed by atoms with Gasteiger partial charge in [0.2, 0.25) is 0 Å². The molecule has 1 aromatic rings. The molecular formula is C10H16BN3O5. The van der Waals surface area contributed by atoms with E-state index in [1.54, 1.807) is 20.8 Å². The Labute approximate surface area is 110 Å². The number of methoxy groups -OCH3 is 1. The van der Waals surface area contributed by atoms with E-state index in [1.807, 2.05) is 0 Å². The minimum absolute atomic E-state index is 0.0335. The zero-order valence-electron chi connectivity index (χ0n) is 11.2. The normalized spacial score (nSPS) is 11.1. The lowest BCUT2D eigenvalue weighted by Gasteiger charge is -2.20. The molecule has 104 valence electrons. The third kappa shape index (κ3) is 4.47. The Hall–Kier alpha value is -1.71. The highest BCUT2D eigenvalue weighted by Gasteiger charge is 2.22. The molecule has 0 atom stereocenters. The average Bonchev–Trinajstić information content (AvgIpc) is 2.34. The van der Waals surface area contributed by atoms with Crippen molar-refractivity contribution in [1.82, 2.24) is 9.97 Å². The van der Waals surface area contributed by atoms with Crippen molar-refractivity contribution >= 4 is 24.5 Å². The molecule has 19 heavy (non-hydrogen) atoms. The summed E-state index contributed by atoms with van der Waals surface area (Å²) in [5.41, 5.74) is 1.63. The number of anilines is 1. The number of nitrogens with one attached hydrogen (secondary N) is 1. The molecule has 0 aliphatic carbocycles. The fraction of sp³-hybridized carbons (Fsp3) is 0.500. The molecule has 0 fully saturated rings. The summed E-state index contributed by atoms with van der Waals surface area (Å²) in [6.45, 7) is 5.41. The maximum absolute atomic E-state index is 11.6. The molecule has 0 saturated heterocycles. The van der Waals surface area contributed by atoms with Crippen LogP contribution < -0.4 is 11.1 Å². The third-order valence-electron chi connectivity index (χ3n) is 1.89. The van der Waals surface area contributed by atoms with Gasteiger partial charge >= 0.3 is 13.1 Å². The van der Waals surface area contributed by atoms with Crippen molar-refractivity contribution in [2.45, 2.75) is 26.4 Å². The van der Waals surface area contributed by atoms with Crippen LogP contribution in [0.5, 0.6) is 0 Å². The van der Waals surface area contributed by atoms with E-state index in [0.29, 0.717) is 0 Å². The van der Waals surface area contributed by atoms with Crippen LogP contribution in [0.3, 0.4) is 0 Å². The first-order valence-electron chi connectivity index (χ1n) is 5.50. The number of ether oxygens (including phenoxy) is 1. The van der Waals surface area contributed by atoms with E-state index >= 15 is 0 Å². The summed E-state index contributed by atoms with van der Waals surface area (Å²) in [5.74, 6) is -0.735. The average molecular weight is 269 g/mol. The van der Waals surface area contributed by atoms with E-state index in [1.165, 1.54) is 7.11 Å². The maximum atomic E-state index is 11.6. The van der Waals surface area contributed by atoms with E-state index in [0.717, 1.165) is 6.20 Å². The minimum Gasteiger partial charge on any atom is -0.464 e. The van der Waals surface area contributed by atoms with E-state index in [4.69, 9.17) is 14.9 Å². The monoisotopic (exact) mass is 269 g/mol. The summed E-state index contributed by atoms with van der Waals surface area (Å²) >= 11 is 0. The zero-order chi connectivity index (χ0) is 14.6. The number of carbonyl (C=O) groups excluding carboxylic acids is 1. The molecule has 0 radical (unpaired) electrons. The van der Waals surface area contributed by atoms with E-state index in [2.05, 4.69) is 20.2 Å². The van der Waals surface area contributed by atoms with Gasteiger partial charge in [0, 0.05) is 6.20 Å². The summed E-state index contributed by atoms with van der Waals surface area (Å²) in [4.78, 5) is 24.4. The molecule has 3 N–H and O–H groups in total. The summed E-state index contributed by atoms with van der Waals surface area (Å²) in [5, 5.41) is 18.0. The summed E-state index contributed by atoms with van der Waals surface area (Å²) in [6.07, 6.45) is 1.12. The first kappa shape index (κ1) is 15.4. The number of esters is 1. The van der Waals surface area contributed by atoms with Crippen LogP contribution in [0.4, 0.5) is 5.82 Å². The summed E-state index contributed by atoms with van der Waals surface area (Å²) in [6, 6.07) is 0. The van der Waals surface area contributed by atoms with E-state index < -0.39 is 18.7 Å². The number of nitrogens with zero attached hydrogens (tertiary/aromatic N) is 2. The number of carbonyl (C=O) groups is 1. The van der Waals surface area contributed by atoms with Crippen LogP contribution in [-0.4, -0.2) is 45.8 Å². The molecule has 0 bridgehead atoms. The van der Waals surface area contributed by atoms with Gasteiger partial charge in [-0.3, -0.25) is 4.84 Å². The van der Waals surface area contributed by atoms with Gasteiger partial charge in [0.05, 0.1) is 18.3 Å². The van der Waals surface area contributed by atoms with Gasteiger partial charge in [-0.05, 0) is 20.8 Å². The second kappa shape index (κ2) is 5.96. The fourth-order valence-electron chi connectivity index (χ4n) is 1.04. The van der Waals surface area contributed by atoms with Gasteiger partial charge in [-0.1, -0.05) is 0 Å². The van der Waals surface area contributed by atoms with Gasteiger partial charge in [-0.15, -0.1) is 0 Å². The van der Waals surface area contributed by atoms with Crippen molar-refractivity contribution in [2.75, 3.05) is 12.6 Å². The van der Waals surface area contributed by atoms with Gasteiger partial charge in [-0.25, -0.2) is 20.2 Å². The van der Waals surface area contributed by atoms with Crippen LogP contribution >= 0.6 is 0 Å². The van der Waals surface area contributed by atoms with E-state index in [9.17, 15) is 4.79 Å². The van der Waals surface area contributed by atoms with Gasteiger partial charge < -0.3 is 14.8 Å². The number of hydrogen-bond donors (Lipinski definition) is 3. The third-order valence-corrected chi connectivity index (χ3v) is 1.89. The lowest BCUT2D eigenvalue weighted by atomic mass is 9.87. The van der Waals surface area contributed by atoms with Gasteiger partial charge in [0.1, 0.15) is 0 Å². The highest BCUT2D eigenvalue weighted by molar-refractivity contribution is 6.57. The molecule has 1 heterocycles. The van der Waals surface area contributed by atoms with Crippen LogP contribution in [-0.2, 0) is 9.57 Å². The fourth-order valence-corrected chi connectivity index (χ4v) is 1.04. The maximum Gasteiger partial charge on any atom is 0.509 e. The van der Waals surface area contributed by atoms with Crippen LogP contribution in [0.1, 0.15) is 31.3 Å². The van der Waals surface area contributed by atoms with Crippen molar-refractivity contribution in [3.05, 3.63) is 11.9 Å². The molecular weight excluding hydrogens is 253 g/mol. The topological polar surface area (TPSA) is 114 Å². The molecule has 1 aromatic heterocycles. The van der Waals surface area contributed by atoms with Crippen molar-refractivity contribution in [2.24, 2.45) is 0 Å². The van der Waals surface area contributed by atoms with Crippen molar-refractivity contribution < 1.29 is 24.4 Å². The predicted octanol–water partition coefficient (Wildman–Crippen LogP) is -0.915. The zero-order valence-corrected chi connectivity index (χ0v) is 11.2. The lowest BCUT2D eigenvalue weighted by Crippen LogP contribution is -2.35. The Balaban J connectivity index is 3.06. The highest BCUT2D eigenvalue weighted by atomic mass is 16.7. The molecule has 0 saturated carbocycles. The first-order chi connectivity index (χ1) is 8.74. The second-order valence-electron chi connectivity index (χ2n) is 4.67. The van der Waals surface area contributed by atoms with Gasteiger partial charge in [0.15, 0.2) is 11.5 Å². The Morgan fingerprint density at radius 3 is 2.53 bits per heavy atom. The minimum atomic E-state index is -1.83. The van der Waals surface area contributed by atoms with Gasteiger partial charge in [0.25, 0.3) is 0 Å². The number of aromatic nitrogens is 2. The van der Waals surface area contributed by atoms with E-state index in [-0.39, 0.29) is 17.1 Å². The Morgan fingerprint density at radius 1 is 1.42 bits per heavy atom. The first-order valence-corrected chi connectivity index (χ1v) is 5.50. The molecule has 0 aliphatic rings. The van der Waals surface area contributed by atoms with Crippen LogP contribution in [0.2, 0.25) is 0 Å². The second-order valence-corrected chi connectivity index (χ2v) is 4.67. The molecule has 0 aromatic carbocycles. The summed E-state index contributed by atoms with van der Waals surface area (Å²) in [7, 11) is -0.644. The molecule has 0 aliphatic heterocycles. The summed E-state index contributed by atoms with van der Waals surface area (Å²) < 4.78 is 4.54. The molecule has 8 nitrogen and oxygen atoms in total. The SMILES string of the molecule is COC(=O)c1nc(B(O)O)cnc1NOC(C)(C)C. The largest absolute Gasteiger partial charge is 0.509 e. The Bertz CT molecular complexity index is 461. The molecule has 0 spiro atoms. The Kier molecular flexibility index (Phi) is 4.81. The van der Waals surface area contributed by atoms with Crippen LogP contribution in [0.15, 0.2) is 6.20 Å². The van der Waals surface area contributed by atoms with Crippen molar-refractivity contribution in [3.8, 4) is 0 Å². The molecule has 0 amide bonds. The standard InChI is InChI=1S/C10H16BN3O5/c1-10(2,3)19-14-8-7(9(15)18-4)13-6(5-12-8)11(16)17/h5,16-17H,1-4H3,(H,12,14). The quantitative estimate of drug-likeness (QED) is 0.365. The Morgan fingerprint density at radius 2 is 2.05 bits per heavy atom. The smallest absolute Gasteiger partial charge is 0.464 e. The molecule has 0 unspecified atom stereocenters.